The van der Waals surface area contributed by atoms with Gasteiger partial charge in [-0.25, -0.2) is 0 Å². The van der Waals surface area contributed by atoms with Gasteiger partial charge in [0, 0.05) is 42.1 Å². The number of piperidine rings is 1. The van der Waals surface area contributed by atoms with Crippen molar-refractivity contribution in [3.8, 4) is 5.75 Å². The van der Waals surface area contributed by atoms with Crippen LogP contribution in [0.5, 0.6) is 5.75 Å². The Labute approximate surface area is 197 Å². The number of hydrogen-bond donors (Lipinski definition) is 1. The molecular formula is C27H37N3O3. The van der Waals surface area contributed by atoms with E-state index in [-0.39, 0.29) is 17.9 Å². The van der Waals surface area contributed by atoms with Crippen LogP contribution in [-0.2, 0) is 11.2 Å². The zero-order chi connectivity index (χ0) is 23.4. The molecular weight excluding hydrogens is 414 g/mol. The van der Waals surface area contributed by atoms with Crippen molar-refractivity contribution in [1.29, 1.82) is 0 Å². The van der Waals surface area contributed by atoms with Gasteiger partial charge in [0.1, 0.15) is 5.75 Å². The molecule has 0 radical (unpaired) electrons. The first-order valence-corrected chi connectivity index (χ1v) is 12.4. The first-order chi connectivity index (χ1) is 16.0. The van der Waals surface area contributed by atoms with Gasteiger partial charge >= 0.3 is 0 Å². The molecule has 2 amide bonds. The predicted octanol–water partition coefficient (Wildman–Crippen LogP) is 4.58. The van der Waals surface area contributed by atoms with Crippen molar-refractivity contribution < 1.29 is 14.3 Å². The van der Waals surface area contributed by atoms with E-state index in [4.69, 9.17) is 4.74 Å². The molecule has 178 valence electrons. The minimum atomic E-state index is 0.0176. The van der Waals surface area contributed by atoms with E-state index in [2.05, 4.69) is 23.7 Å². The molecule has 1 saturated carbocycles. The summed E-state index contributed by atoms with van der Waals surface area (Å²) in [7, 11) is 1.63. The molecule has 2 fully saturated rings. The van der Waals surface area contributed by atoms with Crippen LogP contribution in [0.1, 0.15) is 78.3 Å². The van der Waals surface area contributed by atoms with Gasteiger partial charge in [-0.2, -0.15) is 0 Å². The van der Waals surface area contributed by atoms with Crippen molar-refractivity contribution >= 4 is 11.8 Å². The molecule has 0 spiro atoms. The van der Waals surface area contributed by atoms with Crippen molar-refractivity contribution in [1.82, 2.24) is 14.8 Å². The number of amides is 2. The fourth-order valence-electron chi connectivity index (χ4n) is 5.57. The fourth-order valence-corrected chi connectivity index (χ4v) is 5.57. The van der Waals surface area contributed by atoms with Gasteiger partial charge in [-0.05, 0) is 51.7 Å². The summed E-state index contributed by atoms with van der Waals surface area (Å²) in [6.07, 6.45) is 8.19. The van der Waals surface area contributed by atoms with E-state index in [1.807, 2.05) is 35.2 Å². The lowest BCUT2D eigenvalue weighted by Crippen LogP contribution is -2.47. The predicted molar refractivity (Wildman–Crippen MR) is 130 cm³/mol. The van der Waals surface area contributed by atoms with Crippen LogP contribution in [0.2, 0.25) is 0 Å². The number of hydrogen-bond acceptors (Lipinski definition) is 3. The highest BCUT2D eigenvalue weighted by molar-refractivity contribution is 5.96. The third-order valence-electron chi connectivity index (χ3n) is 7.39. The minimum absolute atomic E-state index is 0.0176. The zero-order valence-electron chi connectivity index (χ0n) is 20.2. The highest BCUT2D eigenvalue weighted by atomic mass is 16.5. The standard InChI is InChI=1S/C27H37N3O3/c1-19-17-24(20(2)30(19)23-10-5-4-6-11-23)27(32)28-22-13-15-29(16-14-22)26(31)18-21-9-7-8-12-25(21)33-3/h7-9,12,17,22-23H,4-6,10-11,13-16,18H2,1-3H3,(H,28,32). The molecule has 0 unspecified atom stereocenters. The Hall–Kier alpha value is -2.76. The maximum absolute atomic E-state index is 13.1. The molecule has 6 nitrogen and oxygen atoms in total. The second kappa shape index (κ2) is 10.4. The number of benzene rings is 1. The Balaban J connectivity index is 1.32. The van der Waals surface area contributed by atoms with E-state index >= 15 is 0 Å². The number of methoxy groups -OCH3 is 1. The number of carbonyl (C=O) groups excluding carboxylic acids is 2. The first kappa shape index (κ1) is 23.4. The van der Waals surface area contributed by atoms with Crippen LogP contribution in [0.25, 0.3) is 0 Å². The molecule has 6 heteroatoms. The van der Waals surface area contributed by atoms with Crippen molar-refractivity contribution in [3.05, 3.63) is 52.8 Å². The summed E-state index contributed by atoms with van der Waals surface area (Å²) in [5.41, 5.74) is 3.98. The number of ether oxygens (including phenoxy) is 1. The van der Waals surface area contributed by atoms with E-state index in [1.54, 1.807) is 7.11 Å². The number of nitrogens with one attached hydrogen (secondary N) is 1. The van der Waals surface area contributed by atoms with Gasteiger partial charge in [0.05, 0.1) is 19.1 Å². The summed E-state index contributed by atoms with van der Waals surface area (Å²) in [6, 6.07) is 10.3. The van der Waals surface area contributed by atoms with Crippen LogP contribution in [0.4, 0.5) is 0 Å². The summed E-state index contributed by atoms with van der Waals surface area (Å²) in [4.78, 5) is 27.8. The number of carbonyl (C=O) groups is 2. The van der Waals surface area contributed by atoms with Crippen molar-refractivity contribution in [2.24, 2.45) is 0 Å². The van der Waals surface area contributed by atoms with E-state index in [9.17, 15) is 9.59 Å². The highest BCUT2D eigenvalue weighted by Crippen LogP contribution is 2.32. The molecule has 1 aromatic carbocycles. The Bertz CT molecular complexity index is 982. The molecule has 0 bridgehead atoms. The summed E-state index contributed by atoms with van der Waals surface area (Å²) < 4.78 is 7.76. The van der Waals surface area contributed by atoms with Crippen LogP contribution < -0.4 is 10.1 Å². The van der Waals surface area contributed by atoms with Crippen molar-refractivity contribution in [3.63, 3.8) is 0 Å². The lowest BCUT2D eigenvalue weighted by atomic mass is 9.95. The number of likely N-dealkylation sites (tertiary alicyclic amines) is 1. The average molecular weight is 452 g/mol. The Morgan fingerprint density at radius 1 is 1.03 bits per heavy atom. The topological polar surface area (TPSA) is 63.6 Å². The molecule has 2 aliphatic rings. The summed E-state index contributed by atoms with van der Waals surface area (Å²) in [5.74, 6) is 0.878. The van der Waals surface area contributed by atoms with Crippen molar-refractivity contribution in [2.45, 2.75) is 77.3 Å². The molecule has 33 heavy (non-hydrogen) atoms. The number of aromatic nitrogens is 1. The SMILES string of the molecule is COc1ccccc1CC(=O)N1CCC(NC(=O)c2cc(C)n(C3CCCCC3)c2C)CC1. The van der Waals surface area contributed by atoms with Gasteiger partial charge in [-0.15, -0.1) is 0 Å². The molecule has 4 rings (SSSR count). The molecule has 1 aliphatic heterocycles. The Morgan fingerprint density at radius 3 is 2.42 bits per heavy atom. The molecule has 0 atom stereocenters. The third kappa shape index (κ3) is 5.26. The number of rotatable bonds is 6. The number of aryl methyl sites for hydroxylation is 1. The largest absolute Gasteiger partial charge is 0.496 e. The van der Waals surface area contributed by atoms with Gasteiger partial charge in [-0.1, -0.05) is 37.5 Å². The van der Waals surface area contributed by atoms with Crippen LogP contribution in [-0.4, -0.2) is 47.5 Å². The zero-order valence-corrected chi connectivity index (χ0v) is 20.2. The fraction of sp³-hybridized carbons (Fsp3) is 0.556. The van der Waals surface area contributed by atoms with Crippen LogP contribution >= 0.6 is 0 Å². The monoisotopic (exact) mass is 451 g/mol. The maximum atomic E-state index is 13.1. The lowest BCUT2D eigenvalue weighted by molar-refractivity contribution is -0.131. The molecule has 1 aliphatic carbocycles. The minimum Gasteiger partial charge on any atom is -0.496 e. The van der Waals surface area contributed by atoms with E-state index in [0.717, 1.165) is 35.4 Å². The summed E-state index contributed by atoms with van der Waals surface area (Å²) >= 11 is 0. The average Bonchev–Trinajstić information content (AvgIpc) is 3.14. The van der Waals surface area contributed by atoms with Gasteiger partial charge < -0.3 is 19.5 Å². The second-order valence-corrected chi connectivity index (χ2v) is 9.56. The van der Waals surface area contributed by atoms with Crippen molar-refractivity contribution in [2.75, 3.05) is 20.2 Å². The smallest absolute Gasteiger partial charge is 0.253 e. The Kier molecular flexibility index (Phi) is 7.41. The van der Waals surface area contributed by atoms with E-state index < -0.39 is 0 Å². The summed E-state index contributed by atoms with van der Waals surface area (Å²) in [6.45, 7) is 5.53. The van der Waals surface area contributed by atoms with Crippen LogP contribution in [0.15, 0.2) is 30.3 Å². The maximum Gasteiger partial charge on any atom is 0.253 e. The van der Waals surface area contributed by atoms with Gasteiger partial charge in [-0.3, -0.25) is 9.59 Å². The van der Waals surface area contributed by atoms with E-state index in [0.29, 0.717) is 25.6 Å². The molecule has 1 N–H and O–H groups in total. The van der Waals surface area contributed by atoms with Gasteiger partial charge in [0.15, 0.2) is 0 Å². The molecule has 1 aromatic heterocycles. The summed E-state index contributed by atoms with van der Waals surface area (Å²) in [5, 5.41) is 3.24. The van der Waals surface area contributed by atoms with Gasteiger partial charge in [0.25, 0.3) is 5.91 Å². The second-order valence-electron chi connectivity index (χ2n) is 9.56. The van der Waals surface area contributed by atoms with Crippen LogP contribution in [0, 0.1) is 13.8 Å². The quantitative estimate of drug-likeness (QED) is 0.699. The number of para-hydroxylation sites is 1. The van der Waals surface area contributed by atoms with Gasteiger partial charge in [0.2, 0.25) is 5.91 Å². The van der Waals surface area contributed by atoms with E-state index in [1.165, 1.54) is 37.8 Å². The number of nitrogens with zero attached hydrogens (tertiary/aromatic N) is 2. The molecule has 2 aromatic rings. The first-order valence-electron chi connectivity index (χ1n) is 12.4. The Morgan fingerprint density at radius 2 is 1.73 bits per heavy atom. The molecule has 2 heterocycles. The highest BCUT2D eigenvalue weighted by Gasteiger charge is 2.27. The molecule has 1 saturated heterocycles. The van der Waals surface area contributed by atoms with Crippen LogP contribution in [0.3, 0.4) is 0 Å². The lowest BCUT2D eigenvalue weighted by Gasteiger charge is -2.32. The normalized spacial score (nSPS) is 17.7. The third-order valence-corrected chi connectivity index (χ3v) is 7.39.